The van der Waals surface area contributed by atoms with E-state index in [2.05, 4.69) is 232 Å². The number of hydrogen-bond donors (Lipinski definition) is 0. The molecule has 0 aliphatic rings. The van der Waals surface area contributed by atoms with E-state index in [0.29, 0.717) is 0 Å². The molecular formula is C50H44N2. The highest BCUT2D eigenvalue weighted by molar-refractivity contribution is 5.81. The zero-order chi connectivity index (χ0) is 35.9. The fourth-order valence-corrected chi connectivity index (χ4v) is 6.64. The first-order valence-electron chi connectivity index (χ1n) is 17.9. The number of para-hydroxylation sites is 2. The highest BCUT2D eigenvalue weighted by Gasteiger charge is 2.14. The summed E-state index contributed by atoms with van der Waals surface area (Å²) in [6.07, 6.45) is 8.81. The van der Waals surface area contributed by atoms with Gasteiger partial charge in [-0.3, -0.25) is 0 Å². The lowest BCUT2D eigenvalue weighted by Crippen LogP contribution is -2.10. The zero-order valence-electron chi connectivity index (χ0n) is 30.4. The van der Waals surface area contributed by atoms with Crippen molar-refractivity contribution < 1.29 is 0 Å². The second-order valence-corrected chi connectivity index (χ2v) is 13.4. The molecule has 0 aliphatic carbocycles. The predicted octanol–water partition coefficient (Wildman–Crippen LogP) is 14.2. The van der Waals surface area contributed by atoms with Gasteiger partial charge >= 0.3 is 0 Å². The molecule has 254 valence electrons. The van der Waals surface area contributed by atoms with Gasteiger partial charge in [-0.2, -0.15) is 0 Å². The first-order valence-corrected chi connectivity index (χ1v) is 17.9. The zero-order valence-corrected chi connectivity index (χ0v) is 30.4. The minimum absolute atomic E-state index is 1.14. The van der Waals surface area contributed by atoms with Crippen LogP contribution in [0.25, 0.3) is 24.3 Å². The summed E-state index contributed by atoms with van der Waals surface area (Å²) in [6, 6.07) is 60.6. The van der Waals surface area contributed by atoms with Crippen LogP contribution in [0.4, 0.5) is 34.1 Å². The van der Waals surface area contributed by atoms with Crippen LogP contribution in [0.15, 0.2) is 170 Å². The van der Waals surface area contributed by atoms with E-state index in [0.717, 1.165) is 34.1 Å². The fraction of sp³-hybridized carbons (Fsp3) is 0.0800. The number of benzene rings is 7. The quantitative estimate of drug-likeness (QED) is 0.133. The van der Waals surface area contributed by atoms with Crippen LogP contribution in [0.5, 0.6) is 0 Å². The maximum atomic E-state index is 2.32. The highest BCUT2D eigenvalue weighted by atomic mass is 15.1. The molecule has 0 heterocycles. The van der Waals surface area contributed by atoms with Gasteiger partial charge in [0.1, 0.15) is 0 Å². The van der Waals surface area contributed by atoms with E-state index in [4.69, 9.17) is 0 Å². The fourth-order valence-electron chi connectivity index (χ4n) is 6.64. The highest BCUT2D eigenvalue weighted by Crippen LogP contribution is 2.37. The van der Waals surface area contributed by atoms with Gasteiger partial charge in [-0.15, -0.1) is 0 Å². The third-order valence-corrected chi connectivity index (χ3v) is 9.42. The predicted molar refractivity (Wildman–Crippen MR) is 225 cm³/mol. The maximum absolute atomic E-state index is 2.32. The monoisotopic (exact) mass is 672 g/mol. The summed E-state index contributed by atoms with van der Waals surface area (Å²) in [5, 5.41) is 0. The third kappa shape index (κ3) is 7.98. The molecule has 2 nitrogen and oxygen atoms in total. The molecule has 0 saturated heterocycles. The first-order chi connectivity index (χ1) is 25.4. The van der Waals surface area contributed by atoms with Gasteiger partial charge in [0.2, 0.25) is 0 Å². The van der Waals surface area contributed by atoms with Crippen molar-refractivity contribution >= 4 is 58.4 Å². The van der Waals surface area contributed by atoms with Crippen molar-refractivity contribution in [3.8, 4) is 0 Å². The summed E-state index contributed by atoms with van der Waals surface area (Å²) in [7, 11) is 0. The minimum Gasteiger partial charge on any atom is -0.310 e. The molecule has 0 atom stereocenters. The van der Waals surface area contributed by atoms with Gasteiger partial charge in [-0.25, -0.2) is 0 Å². The Bertz CT molecular complexity index is 2170. The summed E-state index contributed by atoms with van der Waals surface area (Å²) in [6.45, 7) is 8.66. The van der Waals surface area contributed by atoms with Gasteiger partial charge in [-0.05, 0) is 145 Å². The molecule has 0 saturated carbocycles. The summed E-state index contributed by atoms with van der Waals surface area (Å²) < 4.78 is 0. The molecule has 0 amide bonds. The van der Waals surface area contributed by atoms with Gasteiger partial charge in [0, 0.05) is 34.1 Å². The Morgan fingerprint density at radius 2 is 0.673 bits per heavy atom. The number of rotatable bonds is 10. The molecule has 7 aromatic carbocycles. The molecule has 0 aromatic heterocycles. The van der Waals surface area contributed by atoms with Crippen molar-refractivity contribution in [2.24, 2.45) is 0 Å². The van der Waals surface area contributed by atoms with Crippen LogP contribution in [0.3, 0.4) is 0 Å². The molecule has 0 fully saturated rings. The van der Waals surface area contributed by atoms with Crippen molar-refractivity contribution in [3.05, 3.63) is 214 Å². The van der Waals surface area contributed by atoms with Crippen LogP contribution < -0.4 is 9.80 Å². The van der Waals surface area contributed by atoms with Crippen LogP contribution in [0, 0.1) is 27.7 Å². The van der Waals surface area contributed by atoms with Gasteiger partial charge in [0.05, 0.1) is 0 Å². The molecule has 0 aliphatic heterocycles. The lowest BCUT2D eigenvalue weighted by molar-refractivity contribution is 1.26. The van der Waals surface area contributed by atoms with E-state index in [-0.39, 0.29) is 0 Å². The van der Waals surface area contributed by atoms with Gasteiger partial charge < -0.3 is 9.80 Å². The van der Waals surface area contributed by atoms with Crippen LogP contribution in [-0.4, -0.2) is 0 Å². The van der Waals surface area contributed by atoms with Crippen molar-refractivity contribution in [3.63, 3.8) is 0 Å². The Balaban J connectivity index is 1.06. The Kier molecular flexibility index (Phi) is 10.3. The molecule has 7 rings (SSSR count). The Morgan fingerprint density at radius 1 is 0.308 bits per heavy atom. The Morgan fingerprint density at radius 3 is 1.04 bits per heavy atom. The molecule has 0 spiro atoms. The van der Waals surface area contributed by atoms with E-state index in [9.17, 15) is 0 Å². The molecule has 0 bridgehead atoms. The molecule has 0 N–H and O–H groups in total. The number of nitrogens with zero attached hydrogens (tertiary/aromatic N) is 2. The minimum atomic E-state index is 1.14. The van der Waals surface area contributed by atoms with Crippen molar-refractivity contribution in [2.45, 2.75) is 27.7 Å². The lowest BCUT2D eigenvalue weighted by atomic mass is 10.0. The van der Waals surface area contributed by atoms with Gasteiger partial charge in [-0.1, -0.05) is 121 Å². The van der Waals surface area contributed by atoms with Gasteiger partial charge in [0.25, 0.3) is 0 Å². The normalized spacial score (nSPS) is 11.3. The van der Waals surface area contributed by atoms with E-state index >= 15 is 0 Å². The van der Waals surface area contributed by atoms with E-state index in [1.54, 1.807) is 0 Å². The molecule has 0 radical (unpaired) electrons. The topological polar surface area (TPSA) is 6.48 Å². The molecule has 7 aromatic rings. The number of hydrogen-bond acceptors (Lipinski definition) is 2. The molecule has 52 heavy (non-hydrogen) atoms. The van der Waals surface area contributed by atoms with Crippen LogP contribution in [-0.2, 0) is 0 Å². The molecule has 0 unspecified atom stereocenters. The first kappa shape index (κ1) is 34.1. The van der Waals surface area contributed by atoms with E-state index in [1.165, 1.54) is 44.5 Å². The Hall–Kier alpha value is -6.38. The number of aryl methyl sites for hydroxylation is 4. The van der Waals surface area contributed by atoms with Crippen LogP contribution in [0.2, 0.25) is 0 Å². The molecular weight excluding hydrogens is 629 g/mol. The van der Waals surface area contributed by atoms with Crippen LogP contribution >= 0.6 is 0 Å². The Labute approximate surface area is 309 Å². The smallest absolute Gasteiger partial charge is 0.0464 e. The van der Waals surface area contributed by atoms with Crippen LogP contribution in [0.1, 0.15) is 44.5 Å². The maximum Gasteiger partial charge on any atom is 0.0464 e. The average molecular weight is 673 g/mol. The number of anilines is 6. The van der Waals surface area contributed by atoms with Crippen molar-refractivity contribution in [1.82, 2.24) is 0 Å². The molecule has 2 heteroatoms. The lowest BCUT2D eigenvalue weighted by Gasteiger charge is -2.26. The standard InChI is InChI=1S/C50H44N2/c1-37-13-11-19-47(33-37)51(45-15-7-5-8-16-45)49-31-29-43(39(3)35-49)27-25-41-21-23-42(24-22-41)26-28-44-30-32-50(36-40(44)4)52(46-17-9-6-10-18-46)48-20-12-14-38(2)34-48/h5-36H,1-4H3/b27-25+,28-26+. The van der Waals surface area contributed by atoms with Crippen molar-refractivity contribution in [1.29, 1.82) is 0 Å². The SMILES string of the molecule is Cc1cccc(N(c2ccccc2)c2ccc(/C=C/c3ccc(/C=C/c4ccc(N(c5ccccc5)c5cccc(C)c5)cc4C)cc3)c(C)c2)c1. The second-order valence-electron chi connectivity index (χ2n) is 13.4. The van der Waals surface area contributed by atoms with Crippen molar-refractivity contribution in [2.75, 3.05) is 9.80 Å². The summed E-state index contributed by atoms with van der Waals surface area (Å²) in [5.74, 6) is 0. The average Bonchev–Trinajstić information content (AvgIpc) is 3.16. The third-order valence-electron chi connectivity index (χ3n) is 9.42. The van der Waals surface area contributed by atoms with E-state index < -0.39 is 0 Å². The second kappa shape index (κ2) is 15.7. The summed E-state index contributed by atoms with van der Waals surface area (Å²) >= 11 is 0. The summed E-state index contributed by atoms with van der Waals surface area (Å²) in [5.41, 5.74) is 16.6. The largest absolute Gasteiger partial charge is 0.310 e. The van der Waals surface area contributed by atoms with Gasteiger partial charge in [0.15, 0.2) is 0 Å². The summed E-state index contributed by atoms with van der Waals surface area (Å²) in [4.78, 5) is 4.64. The van der Waals surface area contributed by atoms with E-state index in [1.807, 2.05) is 0 Å².